The molecule has 170 valence electrons. The normalized spacial score (nSPS) is 11.6. The maximum Gasteiger partial charge on any atom is 0.306 e. The number of carbonyl (C=O) groups excluding carboxylic acids is 1. The molecule has 0 aliphatic carbocycles. The van der Waals surface area contributed by atoms with Crippen LogP contribution in [0.4, 0.5) is 0 Å². The number of aromatic nitrogens is 2. The summed E-state index contributed by atoms with van der Waals surface area (Å²) in [5.41, 5.74) is 1.44. The summed E-state index contributed by atoms with van der Waals surface area (Å²) < 4.78 is 36.8. The van der Waals surface area contributed by atoms with E-state index >= 15 is 0 Å². The fraction of sp³-hybridized carbons (Fsp3) is 0.318. The van der Waals surface area contributed by atoms with Gasteiger partial charge in [-0.2, -0.15) is 9.29 Å². The number of esters is 1. The molecule has 8 nitrogen and oxygen atoms in total. The Hall–Kier alpha value is -2.75. The minimum atomic E-state index is -3.50. The maximum absolute atomic E-state index is 12.5. The monoisotopic (exact) mass is 477 g/mol. The summed E-state index contributed by atoms with van der Waals surface area (Å²) in [4.78, 5) is 16.5. The molecule has 0 saturated heterocycles. The number of nitrogens with zero attached hydrogens (tertiary/aromatic N) is 3. The second-order valence-corrected chi connectivity index (χ2v) is 9.23. The third-order valence-corrected chi connectivity index (χ3v) is 7.21. The molecule has 0 bridgehead atoms. The Morgan fingerprint density at radius 1 is 1.09 bits per heavy atom. The van der Waals surface area contributed by atoms with E-state index in [0.717, 1.165) is 5.56 Å². The zero-order valence-corrected chi connectivity index (χ0v) is 19.4. The first-order valence-corrected chi connectivity index (χ1v) is 12.0. The fourth-order valence-corrected chi connectivity index (χ4v) is 4.74. The van der Waals surface area contributed by atoms with Gasteiger partial charge >= 0.3 is 5.97 Å². The molecule has 10 heteroatoms. The van der Waals surface area contributed by atoms with Gasteiger partial charge in [0.1, 0.15) is 0 Å². The number of hydrogen-bond acceptors (Lipinski definition) is 7. The zero-order valence-electron chi connectivity index (χ0n) is 17.8. The topological polar surface area (TPSA) is 103 Å². The van der Waals surface area contributed by atoms with Crippen LogP contribution >= 0.6 is 11.6 Å². The van der Waals surface area contributed by atoms with Crippen LogP contribution in [0, 0.1) is 0 Å². The molecule has 0 atom stereocenters. The molecule has 2 aromatic carbocycles. The number of carbonyl (C=O) groups is 1. The molecule has 0 radical (unpaired) electrons. The Morgan fingerprint density at radius 3 is 2.44 bits per heavy atom. The van der Waals surface area contributed by atoms with Crippen molar-refractivity contribution in [3.63, 3.8) is 0 Å². The highest BCUT2D eigenvalue weighted by atomic mass is 35.5. The van der Waals surface area contributed by atoms with Crippen LogP contribution in [0.2, 0.25) is 5.02 Å². The van der Waals surface area contributed by atoms with E-state index in [2.05, 4.69) is 10.1 Å². The van der Waals surface area contributed by atoms with Gasteiger partial charge in [0, 0.05) is 19.5 Å². The van der Waals surface area contributed by atoms with E-state index in [-0.39, 0.29) is 29.6 Å². The second-order valence-electron chi connectivity index (χ2n) is 6.89. The minimum absolute atomic E-state index is 0.117. The van der Waals surface area contributed by atoms with Crippen LogP contribution < -0.4 is 0 Å². The molecule has 32 heavy (non-hydrogen) atoms. The second kappa shape index (κ2) is 10.7. The number of rotatable bonds is 10. The third kappa shape index (κ3) is 5.73. The largest absolute Gasteiger partial charge is 0.457 e. The molecule has 3 rings (SSSR count). The highest BCUT2D eigenvalue weighted by Crippen LogP contribution is 2.26. The van der Waals surface area contributed by atoms with Crippen molar-refractivity contribution in [2.75, 3.05) is 13.1 Å². The number of ether oxygens (including phenoxy) is 1. The molecule has 0 N–H and O–H groups in total. The first-order chi connectivity index (χ1) is 15.3. The van der Waals surface area contributed by atoms with E-state index in [0.29, 0.717) is 30.1 Å². The van der Waals surface area contributed by atoms with Gasteiger partial charge in [-0.1, -0.05) is 54.9 Å². The van der Waals surface area contributed by atoms with Crippen LogP contribution in [0.1, 0.15) is 31.7 Å². The summed E-state index contributed by atoms with van der Waals surface area (Å²) in [6.07, 6.45) is 0.554. The minimum Gasteiger partial charge on any atom is -0.457 e. The van der Waals surface area contributed by atoms with Crippen LogP contribution in [-0.2, 0) is 32.6 Å². The molecular formula is C22H24ClN3O5S. The Balaban J connectivity index is 1.51. The Bertz CT molecular complexity index is 1160. The van der Waals surface area contributed by atoms with Gasteiger partial charge < -0.3 is 9.26 Å². The Kier molecular flexibility index (Phi) is 8.00. The van der Waals surface area contributed by atoms with E-state index in [1.54, 1.807) is 62.4 Å². The average Bonchev–Trinajstić information content (AvgIpc) is 3.26. The lowest BCUT2D eigenvalue weighted by Gasteiger charge is -2.18. The van der Waals surface area contributed by atoms with Gasteiger partial charge in [-0.25, -0.2) is 8.42 Å². The highest BCUT2D eigenvalue weighted by molar-refractivity contribution is 7.89. The zero-order chi connectivity index (χ0) is 23.1. The van der Waals surface area contributed by atoms with Crippen molar-refractivity contribution in [3.05, 3.63) is 64.9 Å². The summed E-state index contributed by atoms with van der Waals surface area (Å²) >= 11 is 6.11. The number of hydrogen-bond donors (Lipinski definition) is 0. The Morgan fingerprint density at radius 2 is 1.78 bits per heavy atom. The molecule has 0 spiro atoms. The number of aryl methyl sites for hydroxylation is 1. The lowest BCUT2D eigenvalue weighted by Crippen LogP contribution is -2.30. The van der Waals surface area contributed by atoms with Crippen molar-refractivity contribution in [3.8, 4) is 11.5 Å². The van der Waals surface area contributed by atoms with Crippen LogP contribution in [0.25, 0.3) is 11.5 Å². The van der Waals surface area contributed by atoms with E-state index in [4.69, 9.17) is 20.9 Å². The van der Waals surface area contributed by atoms with E-state index in [9.17, 15) is 13.2 Å². The van der Waals surface area contributed by atoms with Crippen molar-refractivity contribution >= 4 is 27.6 Å². The van der Waals surface area contributed by atoms with Crippen molar-refractivity contribution in [1.29, 1.82) is 0 Å². The standard InChI is InChI=1S/C22H24ClN3O5S/c1-3-26(4-2)32(28,29)17-12-9-16(10-13-17)11-14-21(27)30-15-20-24-22(31-25-20)18-7-5-6-8-19(18)23/h5-10,12-13H,3-4,11,14-15H2,1-2H3. The lowest BCUT2D eigenvalue weighted by molar-refractivity contribution is -0.145. The third-order valence-electron chi connectivity index (χ3n) is 4.82. The van der Waals surface area contributed by atoms with E-state index < -0.39 is 16.0 Å². The van der Waals surface area contributed by atoms with Crippen molar-refractivity contribution < 1.29 is 22.5 Å². The van der Waals surface area contributed by atoms with Gasteiger partial charge in [-0.3, -0.25) is 4.79 Å². The number of halogens is 1. The molecule has 1 heterocycles. The summed E-state index contributed by atoms with van der Waals surface area (Å²) in [7, 11) is -3.50. The molecule has 0 aliphatic heterocycles. The number of benzene rings is 2. The van der Waals surface area contributed by atoms with Gasteiger partial charge in [-0.15, -0.1) is 0 Å². The predicted octanol–water partition coefficient (Wildman–Crippen LogP) is 4.10. The van der Waals surface area contributed by atoms with Crippen molar-refractivity contribution in [2.45, 2.75) is 38.2 Å². The van der Waals surface area contributed by atoms with Gasteiger partial charge in [0.15, 0.2) is 6.61 Å². The molecule has 0 unspecified atom stereocenters. The van der Waals surface area contributed by atoms with Crippen LogP contribution in [0.3, 0.4) is 0 Å². The van der Waals surface area contributed by atoms with E-state index in [1.165, 1.54) is 4.31 Å². The molecule has 0 aliphatic rings. The van der Waals surface area contributed by atoms with Crippen LogP contribution in [-0.4, -0.2) is 41.9 Å². The Labute approximate surface area is 192 Å². The molecule has 0 amide bonds. The summed E-state index contributed by atoms with van der Waals surface area (Å²) in [5.74, 6) is 0.0644. The van der Waals surface area contributed by atoms with Gasteiger partial charge in [-0.05, 0) is 36.2 Å². The number of sulfonamides is 1. The molecule has 3 aromatic rings. The highest BCUT2D eigenvalue weighted by Gasteiger charge is 2.21. The lowest BCUT2D eigenvalue weighted by atomic mass is 10.1. The van der Waals surface area contributed by atoms with Gasteiger partial charge in [0.2, 0.25) is 15.8 Å². The summed E-state index contributed by atoms with van der Waals surface area (Å²) in [6.45, 7) is 4.30. The first-order valence-electron chi connectivity index (χ1n) is 10.2. The maximum atomic E-state index is 12.5. The van der Waals surface area contributed by atoms with Crippen LogP contribution in [0.15, 0.2) is 57.9 Å². The summed E-state index contributed by atoms with van der Waals surface area (Å²) in [6, 6.07) is 13.6. The molecule has 1 aromatic heterocycles. The van der Waals surface area contributed by atoms with Crippen molar-refractivity contribution in [1.82, 2.24) is 14.4 Å². The molecule has 0 fully saturated rings. The first kappa shape index (κ1) is 23.9. The fourth-order valence-electron chi connectivity index (χ4n) is 3.06. The average molecular weight is 478 g/mol. The predicted molar refractivity (Wildman–Crippen MR) is 119 cm³/mol. The van der Waals surface area contributed by atoms with E-state index in [1.807, 2.05) is 0 Å². The quantitative estimate of drug-likeness (QED) is 0.405. The van der Waals surface area contributed by atoms with Crippen molar-refractivity contribution in [2.24, 2.45) is 0 Å². The summed E-state index contributed by atoms with van der Waals surface area (Å²) in [5, 5.41) is 4.28. The molecular weight excluding hydrogens is 454 g/mol. The van der Waals surface area contributed by atoms with Gasteiger partial charge in [0.25, 0.3) is 5.89 Å². The van der Waals surface area contributed by atoms with Gasteiger partial charge in [0.05, 0.1) is 15.5 Å². The SMILES string of the molecule is CCN(CC)S(=O)(=O)c1ccc(CCC(=O)OCc2noc(-c3ccccc3Cl)n2)cc1. The van der Waals surface area contributed by atoms with Crippen LogP contribution in [0.5, 0.6) is 0 Å². The smallest absolute Gasteiger partial charge is 0.306 e. The molecule has 0 saturated carbocycles.